The molecule has 2 N–H and O–H groups in total. The summed E-state index contributed by atoms with van der Waals surface area (Å²) in [5.74, 6) is -0.307. The van der Waals surface area contributed by atoms with Gasteiger partial charge in [0, 0.05) is 5.56 Å². The summed E-state index contributed by atoms with van der Waals surface area (Å²) in [4.78, 5) is 12.7. The second kappa shape index (κ2) is 6.07. The lowest BCUT2D eigenvalue weighted by molar-refractivity contribution is 0.103. The summed E-state index contributed by atoms with van der Waals surface area (Å²) in [6, 6.07) is 19.1. The van der Waals surface area contributed by atoms with Crippen LogP contribution in [0.2, 0.25) is 0 Å². The minimum Gasteiger partial charge on any atom is -0.382 e. The van der Waals surface area contributed by atoms with E-state index < -0.39 is 5.78 Å². The highest BCUT2D eigenvalue weighted by atomic mass is 16.1. The van der Waals surface area contributed by atoms with Crippen LogP contribution < -0.4 is 5.73 Å². The second-order valence-electron chi connectivity index (χ2n) is 4.99. The maximum Gasteiger partial charge on any atom is 0.214 e. The van der Waals surface area contributed by atoms with Gasteiger partial charge in [-0.1, -0.05) is 18.2 Å². The fourth-order valence-corrected chi connectivity index (χ4v) is 2.30. The number of anilines is 1. The maximum atomic E-state index is 12.7. The second-order valence-corrected chi connectivity index (χ2v) is 4.99. The molecule has 114 valence electrons. The Morgan fingerprint density at radius 1 is 1.00 bits per heavy atom. The third-order valence-corrected chi connectivity index (χ3v) is 3.52. The Balaban J connectivity index is 2.09. The summed E-state index contributed by atoms with van der Waals surface area (Å²) in [6.45, 7) is 0. The number of hydrogen-bond acceptors (Lipinski definition) is 5. The Kier molecular flexibility index (Phi) is 3.80. The van der Waals surface area contributed by atoms with E-state index in [9.17, 15) is 10.1 Å². The van der Waals surface area contributed by atoms with E-state index in [4.69, 9.17) is 11.0 Å². The van der Waals surface area contributed by atoms with Crippen molar-refractivity contribution in [2.24, 2.45) is 0 Å². The first-order valence-electron chi connectivity index (χ1n) is 7.04. The highest BCUT2D eigenvalue weighted by Gasteiger charge is 2.23. The molecule has 0 bridgehead atoms. The largest absolute Gasteiger partial charge is 0.382 e. The molecule has 0 unspecified atom stereocenters. The molecule has 0 fully saturated rings. The van der Waals surface area contributed by atoms with Crippen LogP contribution in [0.4, 0.5) is 5.82 Å². The predicted octanol–water partition coefficient (Wildman–Crippen LogP) is 2.43. The van der Waals surface area contributed by atoms with E-state index in [-0.39, 0.29) is 17.1 Å². The van der Waals surface area contributed by atoms with Crippen molar-refractivity contribution in [3.63, 3.8) is 0 Å². The Morgan fingerprint density at radius 2 is 1.67 bits per heavy atom. The number of rotatable bonds is 3. The molecule has 6 heteroatoms. The standard InChI is InChI=1S/C18H11N5O/c19-10-12-6-8-13(9-7-12)17(24)16-15(11-20)18(21)23(22-16)14-4-2-1-3-5-14/h1-9H,21H2. The van der Waals surface area contributed by atoms with Crippen molar-refractivity contribution < 1.29 is 4.79 Å². The van der Waals surface area contributed by atoms with Crippen LogP contribution >= 0.6 is 0 Å². The van der Waals surface area contributed by atoms with E-state index in [0.29, 0.717) is 16.8 Å². The number of hydrogen-bond donors (Lipinski definition) is 1. The van der Waals surface area contributed by atoms with Gasteiger partial charge in [-0.05, 0) is 36.4 Å². The summed E-state index contributed by atoms with van der Waals surface area (Å²) in [6.07, 6.45) is 0. The average molecular weight is 313 g/mol. The first-order chi connectivity index (χ1) is 11.7. The highest BCUT2D eigenvalue weighted by Crippen LogP contribution is 2.22. The molecular formula is C18H11N5O. The molecule has 0 saturated carbocycles. The van der Waals surface area contributed by atoms with Crippen molar-refractivity contribution in [3.05, 3.63) is 77.0 Å². The number of nitrogens with two attached hydrogens (primary N) is 1. The summed E-state index contributed by atoms with van der Waals surface area (Å²) >= 11 is 0. The minimum atomic E-state index is -0.419. The maximum absolute atomic E-state index is 12.7. The first-order valence-corrected chi connectivity index (χ1v) is 7.04. The lowest BCUT2D eigenvalue weighted by Crippen LogP contribution is -2.05. The molecule has 0 aliphatic heterocycles. The highest BCUT2D eigenvalue weighted by molar-refractivity contribution is 6.10. The van der Waals surface area contributed by atoms with Gasteiger partial charge in [0.25, 0.3) is 0 Å². The van der Waals surface area contributed by atoms with Gasteiger partial charge in [-0.25, -0.2) is 4.68 Å². The van der Waals surface area contributed by atoms with Gasteiger partial charge in [0.15, 0.2) is 5.69 Å². The van der Waals surface area contributed by atoms with Crippen LogP contribution in [0.3, 0.4) is 0 Å². The normalized spacial score (nSPS) is 9.92. The fourth-order valence-electron chi connectivity index (χ4n) is 2.30. The number of nitrogen functional groups attached to an aromatic ring is 1. The quantitative estimate of drug-likeness (QED) is 0.747. The number of benzene rings is 2. The van der Waals surface area contributed by atoms with Crippen molar-refractivity contribution >= 4 is 11.6 Å². The summed E-state index contributed by atoms with van der Waals surface area (Å²) in [5.41, 5.74) is 7.46. The van der Waals surface area contributed by atoms with Gasteiger partial charge in [-0.3, -0.25) is 4.79 Å². The number of para-hydroxylation sites is 1. The summed E-state index contributed by atoms with van der Waals surface area (Å²) in [5, 5.41) is 22.4. The predicted molar refractivity (Wildman–Crippen MR) is 87.3 cm³/mol. The van der Waals surface area contributed by atoms with Crippen LogP contribution in [0.5, 0.6) is 0 Å². The van der Waals surface area contributed by atoms with Crippen LogP contribution in [0.25, 0.3) is 5.69 Å². The van der Waals surface area contributed by atoms with E-state index in [1.807, 2.05) is 30.3 Å². The van der Waals surface area contributed by atoms with Crippen LogP contribution in [0.15, 0.2) is 54.6 Å². The Labute approximate surface area is 138 Å². The van der Waals surface area contributed by atoms with Crippen molar-refractivity contribution in [1.82, 2.24) is 9.78 Å². The van der Waals surface area contributed by atoms with Gasteiger partial charge >= 0.3 is 0 Å². The third kappa shape index (κ3) is 2.49. The molecule has 0 radical (unpaired) electrons. The van der Waals surface area contributed by atoms with Gasteiger partial charge in [0.05, 0.1) is 17.3 Å². The number of nitriles is 2. The number of nitrogens with zero attached hydrogens (tertiary/aromatic N) is 4. The zero-order valence-electron chi connectivity index (χ0n) is 12.5. The van der Waals surface area contributed by atoms with Crippen molar-refractivity contribution in [3.8, 4) is 17.8 Å². The molecule has 0 aliphatic carbocycles. The molecule has 2 aromatic carbocycles. The lowest BCUT2D eigenvalue weighted by atomic mass is 10.0. The van der Waals surface area contributed by atoms with Gasteiger partial charge in [-0.2, -0.15) is 15.6 Å². The topological polar surface area (TPSA) is 108 Å². The Hall–Kier alpha value is -3.90. The number of carbonyl (C=O) groups excluding carboxylic acids is 1. The van der Waals surface area contributed by atoms with Crippen molar-refractivity contribution in [2.45, 2.75) is 0 Å². The third-order valence-electron chi connectivity index (χ3n) is 3.52. The molecule has 24 heavy (non-hydrogen) atoms. The van der Waals surface area contributed by atoms with Crippen LogP contribution in [-0.2, 0) is 0 Å². The van der Waals surface area contributed by atoms with Gasteiger partial charge in [-0.15, -0.1) is 0 Å². The number of carbonyl (C=O) groups is 1. The van der Waals surface area contributed by atoms with Crippen LogP contribution in [-0.4, -0.2) is 15.6 Å². The smallest absolute Gasteiger partial charge is 0.214 e. The van der Waals surface area contributed by atoms with E-state index in [2.05, 4.69) is 5.10 Å². The van der Waals surface area contributed by atoms with Gasteiger partial charge < -0.3 is 5.73 Å². The average Bonchev–Trinajstić information content (AvgIpc) is 2.98. The van der Waals surface area contributed by atoms with E-state index in [1.165, 1.54) is 28.9 Å². The van der Waals surface area contributed by atoms with Crippen molar-refractivity contribution in [1.29, 1.82) is 10.5 Å². The van der Waals surface area contributed by atoms with E-state index in [0.717, 1.165) is 0 Å². The van der Waals surface area contributed by atoms with Crippen molar-refractivity contribution in [2.75, 3.05) is 5.73 Å². The molecule has 1 aromatic heterocycles. The number of ketones is 1. The van der Waals surface area contributed by atoms with Gasteiger partial charge in [0.1, 0.15) is 17.5 Å². The minimum absolute atomic E-state index is 0.0106. The Bertz CT molecular complexity index is 989. The molecular weight excluding hydrogens is 302 g/mol. The number of aromatic nitrogens is 2. The monoisotopic (exact) mass is 313 g/mol. The molecule has 1 heterocycles. The lowest BCUT2D eigenvalue weighted by Gasteiger charge is -2.02. The van der Waals surface area contributed by atoms with E-state index in [1.54, 1.807) is 12.1 Å². The Morgan fingerprint density at radius 3 is 2.25 bits per heavy atom. The SMILES string of the molecule is N#Cc1ccc(C(=O)c2nn(-c3ccccc3)c(N)c2C#N)cc1. The molecule has 0 spiro atoms. The van der Waals surface area contributed by atoms with Gasteiger partial charge in [0.2, 0.25) is 5.78 Å². The van der Waals surface area contributed by atoms with Crippen LogP contribution in [0.1, 0.15) is 27.2 Å². The molecule has 6 nitrogen and oxygen atoms in total. The summed E-state index contributed by atoms with van der Waals surface area (Å²) in [7, 11) is 0. The molecule has 3 rings (SSSR count). The molecule has 0 saturated heterocycles. The zero-order chi connectivity index (χ0) is 17.1. The van der Waals surface area contributed by atoms with Crippen LogP contribution in [0, 0.1) is 22.7 Å². The van der Waals surface area contributed by atoms with E-state index >= 15 is 0 Å². The molecule has 0 atom stereocenters. The first kappa shape index (κ1) is 15.0. The molecule has 0 aliphatic rings. The fraction of sp³-hybridized carbons (Fsp3) is 0. The zero-order valence-corrected chi connectivity index (χ0v) is 12.5. The molecule has 0 amide bonds. The molecule has 3 aromatic rings. The summed E-state index contributed by atoms with van der Waals surface area (Å²) < 4.78 is 1.37.